The van der Waals surface area contributed by atoms with Gasteiger partial charge in [-0.25, -0.2) is 14.2 Å². The normalized spacial score (nSPS) is 25.6. The third-order valence-corrected chi connectivity index (χ3v) is 14.5. The number of rotatable bonds is 10. The van der Waals surface area contributed by atoms with E-state index in [9.17, 15) is 24.4 Å². The molecule has 5 aliphatic rings. The van der Waals surface area contributed by atoms with E-state index in [2.05, 4.69) is 33.1 Å². The van der Waals surface area contributed by atoms with Crippen molar-refractivity contribution in [2.24, 2.45) is 5.16 Å². The molecule has 6 atom stereocenters. The molecule has 5 aliphatic heterocycles. The fourth-order valence-corrected chi connectivity index (χ4v) is 11.4. The van der Waals surface area contributed by atoms with Crippen LogP contribution in [0.4, 0.5) is 14.3 Å². The van der Waals surface area contributed by atoms with E-state index in [0.29, 0.717) is 16.9 Å². The van der Waals surface area contributed by atoms with E-state index in [1.54, 1.807) is 43.5 Å². The van der Waals surface area contributed by atoms with Crippen LogP contribution in [0.2, 0.25) is 0 Å². The predicted molar refractivity (Wildman–Crippen MR) is 233 cm³/mol. The second-order valence-corrected chi connectivity index (χ2v) is 19.6. The molecule has 0 spiro atoms. The van der Waals surface area contributed by atoms with E-state index in [1.807, 2.05) is 66.9 Å². The fraction of sp³-hybridized carbons (Fsp3) is 0.378. The Labute approximate surface area is 371 Å². The van der Waals surface area contributed by atoms with Crippen LogP contribution in [0.5, 0.6) is 11.5 Å². The van der Waals surface area contributed by atoms with Crippen molar-refractivity contribution < 1.29 is 47.5 Å². The number of anilines is 1. The molecule has 6 heterocycles. The lowest BCUT2D eigenvalue weighted by molar-refractivity contribution is -0.944. The summed E-state index contributed by atoms with van der Waals surface area (Å²) >= 11 is 2.57. The first-order chi connectivity index (χ1) is 30.2. The number of benzene rings is 3. The number of carbonyl (C=O) groups excluding carboxylic acids is 4. The molecular formula is C45H47FN7O8S2+. The van der Waals surface area contributed by atoms with Crippen molar-refractivity contribution in [3.63, 3.8) is 0 Å². The number of nitrogens with zero attached hydrogens (tertiary/aromatic N) is 4. The molecule has 63 heavy (non-hydrogen) atoms. The number of thioether (sulfide) groups is 1. The number of carbonyl (C=O) groups is 4. The Morgan fingerprint density at radius 3 is 2.30 bits per heavy atom. The maximum Gasteiger partial charge on any atom is 0.413 e. The van der Waals surface area contributed by atoms with Gasteiger partial charge in [-0.15, -0.1) is 23.1 Å². The Bertz CT molecular complexity index is 2480. The number of thiazole rings is 1. The summed E-state index contributed by atoms with van der Waals surface area (Å²) in [5.74, 6) is -3.00. The Morgan fingerprint density at radius 1 is 1.00 bits per heavy atom. The summed E-state index contributed by atoms with van der Waals surface area (Å²) in [7, 11) is 2.24. The molecule has 18 heteroatoms. The minimum Gasteiger partial charge on any atom is -0.444 e. The maximum absolute atomic E-state index is 16.3. The largest absolute Gasteiger partial charge is 0.444 e. The van der Waals surface area contributed by atoms with Gasteiger partial charge in [-0.2, -0.15) is 0 Å². The molecule has 0 radical (unpaired) electrons. The van der Waals surface area contributed by atoms with Crippen LogP contribution < -0.4 is 25.4 Å². The summed E-state index contributed by atoms with van der Waals surface area (Å²) < 4.78 is 35.1. The highest BCUT2D eigenvalue weighted by Crippen LogP contribution is 2.50. The number of β-lactam (4-membered cyclic amide) rings is 1. The van der Waals surface area contributed by atoms with E-state index < -0.39 is 46.9 Å². The number of oxime groups is 1. The number of fused-ring (bicyclic) bond motifs is 4. The molecule has 3 aromatic carbocycles. The summed E-state index contributed by atoms with van der Waals surface area (Å²) in [6.07, 6.45) is 4.59. The van der Waals surface area contributed by atoms with Gasteiger partial charge in [-0.1, -0.05) is 65.8 Å². The monoisotopic (exact) mass is 896 g/mol. The van der Waals surface area contributed by atoms with Crippen LogP contribution in [0, 0.1) is 5.82 Å². The van der Waals surface area contributed by atoms with Gasteiger partial charge in [0.05, 0.1) is 24.7 Å². The number of piperidine rings is 1. The summed E-state index contributed by atoms with van der Waals surface area (Å²) in [5.41, 5.74) is 1.28. The van der Waals surface area contributed by atoms with Gasteiger partial charge >= 0.3 is 11.9 Å². The van der Waals surface area contributed by atoms with Crippen LogP contribution in [0.15, 0.2) is 95.1 Å². The first kappa shape index (κ1) is 42.3. The second kappa shape index (κ2) is 16.3. The molecule has 1 unspecified atom stereocenters. The van der Waals surface area contributed by atoms with Crippen molar-refractivity contribution in [2.75, 3.05) is 24.7 Å². The second-order valence-electron chi connectivity index (χ2n) is 17.6. The third-order valence-electron chi connectivity index (χ3n) is 12.4. The van der Waals surface area contributed by atoms with Gasteiger partial charge in [0.25, 0.3) is 17.7 Å². The van der Waals surface area contributed by atoms with Gasteiger partial charge in [-0.3, -0.25) is 19.7 Å². The van der Waals surface area contributed by atoms with E-state index in [4.69, 9.17) is 14.2 Å². The van der Waals surface area contributed by atoms with Crippen LogP contribution in [-0.2, 0) is 20.1 Å². The number of amides is 4. The van der Waals surface area contributed by atoms with Crippen molar-refractivity contribution >= 4 is 57.8 Å². The minimum absolute atomic E-state index is 0.0254. The highest BCUT2D eigenvalue weighted by atomic mass is 32.2. The molecule has 0 aliphatic carbocycles. The summed E-state index contributed by atoms with van der Waals surface area (Å²) in [6, 6.07) is 21.2. The van der Waals surface area contributed by atoms with E-state index >= 15 is 4.39 Å². The molecule has 1 aromatic heterocycles. The van der Waals surface area contributed by atoms with Gasteiger partial charge in [0, 0.05) is 65.8 Å². The van der Waals surface area contributed by atoms with Gasteiger partial charge < -0.3 is 39.4 Å². The molecule has 328 valence electrons. The maximum atomic E-state index is 16.3. The number of hydrogen-bond donors (Lipinski definition) is 4. The van der Waals surface area contributed by atoms with Crippen molar-refractivity contribution in [3.8, 4) is 11.5 Å². The average Bonchev–Trinajstić information content (AvgIpc) is 3.91. The molecule has 2 bridgehead atoms. The van der Waals surface area contributed by atoms with E-state index in [-0.39, 0.29) is 57.3 Å². The third kappa shape index (κ3) is 7.88. The van der Waals surface area contributed by atoms with E-state index in [1.165, 1.54) is 11.4 Å². The van der Waals surface area contributed by atoms with E-state index in [0.717, 1.165) is 53.6 Å². The van der Waals surface area contributed by atoms with Crippen LogP contribution in [0.1, 0.15) is 73.6 Å². The molecule has 3 fully saturated rings. The van der Waals surface area contributed by atoms with Crippen molar-refractivity contribution in [3.05, 3.63) is 118 Å². The Morgan fingerprint density at radius 2 is 1.67 bits per heavy atom. The van der Waals surface area contributed by atoms with Gasteiger partial charge in [-0.05, 0) is 32.9 Å². The fourth-order valence-electron chi connectivity index (χ4n) is 9.45. The lowest BCUT2D eigenvalue weighted by Crippen LogP contribution is -2.69. The van der Waals surface area contributed by atoms with Crippen LogP contribution in [0.25, 0.3) is 0 Å². The Balaban J connectivity index is 0.808. The zero-order valence-corrected chi connectivity index (χ0v) is 36.6. The number of nitrogens with one attached hydrogen (secondary N) is 3. The smallest absolute Gasteiger partial charge is 0.413 e. The van der Waals surface area contributed by atoms with Gasteiger partial charge in [0.1, 0.15) is 29.3 Å². The standard InChI is InChI=1S/C45H46FN7O8S2/c1-44(2,3)61-43(57)50-42-48-32(24-63-42)35(51-58)39(55)49-36-40(56)52-21-25(23-62-41(36)52)22-53(4)29-15-16-30(53)20-28(19-29)47-38(54)31-17-18-33-37(34(31)46)60-45(59-33,26-11-7-5-8-12-26)27-13-9-6-10-14-27/h5-14,17-18,21,24,28-30,36,41H,15-16,19-20,22-23H2,1-4H3,(H3-,47,48,49,50,54,55,57,58)/p+1/t28-,29+,30-,36-,41-,53?/m1/s1. The molecule has 3 saturated heterocycles. The molecule has 9 rings (SSSR count). The Hall–Kier alpha value is -5.98. The SMILES string of the molecule is CC(C)(C)OC(=O)Nc1nc(/C(=N/O)C(=O)N[C@@H]2C(=O)N3C=C(C[N+]4(C)[C@@H]5CC[C@H]4C[C@@H](NC(=O)c4ccc6c(c4F)OC(c4ccccc4)(c4ccccc4)O6)C5)CS[C@H]23)cs1. The number of halogens is 1. The minimum atomic E-state index is -1.42. The van der Waals surface area contributed by atoms with Crippen molar-refractivity contribution in [2.45, 2.75) is 87.4 Å². The number of likely N-dealkylation sites (N-methyl/N-ethyl adjacent to an activating group) is 1. The summed E-state index contributed by atoms with van der Waals surface area (Å²) in [6.45, 7) is 5.89. The quantitative estimate of drug-likeness (QED) is 0.0462. The number of ether oxygens (including phenoxy) is 3. The molecule has 4 N–H and O–H groups in total. The average molecular weight is 897 g/mol. The molecule has 4 amide bonds. The van der Waals surface area contributed by atoms with Gasteiger partial charge in [0.15, 0.2) is 22.4 Å². The highest BCUT2D eigenvalue weighted by molar-refractivity contribution is 8.00. The van der Waals surface area contributed by atoms with Crippen LogP contribution in [-0.4, -0.2) is 104 Å². The predicted octanol–water partition coefficient (Wildman–Crippen LogP) is 6.33. The zero-order valence-electron chi connectivity index (χ0n) is 35.0. The summed E-state index contributed by atoms with van der Waals surface area (Å²) in [5, 5.41) is 22.4. The number of hydrogen-bond acceptors (Lipinski definition) is 12. The van der Waals surface area contributed by atoms with Crippen molar-refractivity contribution in [1.82, 2.24) is 20.5 Å². The highest BCUT2D eigenvalue weighted by Gasteiger charge is 2.55. The lowest BCUT2D eigenvalue weighted by atomic mass is 9.93. The molecular weight excluding hydrogens is 850 g/mol. The van der Waals surface area contributed by atoms with Crippen LogP contribution in [0.3, 0.4) is 0 Å². The van der Waals surface area contributed by atoms with Crippen LogP contribution >= 0.6 is 23.1 Å². The lowest BCUT2D eigenvalue weighted by Gasteiger charge is -2.50. The van der Waals surface area contributed by atoms with Gasteiger partial charge in [0.2, 0.25) is 5.75 Å². The summed E-state index contributed by atoms with van der Waals surface area (Å²) in [4.78, 5) is 58.4. The molecule has 15 nitrogen and oxygen atoms in total. The number of aromatic nitrogens is 1. The first-order valence-corrected chi connectivity index (χ1v) is 22.7. The van der Waals surface area contributed by atoms with Crippen molar-refractivity contribution in [1.29, 1.82) is 0 Å². The first-order valence-electron chi connectivity index (χ1n) is 20.8. The number of quaternary nitrogens is 1. The zero-order chi connectivity index (χ0) is 44.3. The molecule has 0 saturated carbocycles. The Kier molecular flexibility index (Phi) is 10.9. The molecule has 4 aromatic rings. The topological polar surface area (TPSA) is 181 Å².